The molecule has 20 heavy (non-hydrogen) atoms. The van der Waals surface area contributed by atoms with Crippen LogP contribution in [-0.2, 0) is 0 Å². The van der Waals surface area contributed by atoms with Crippen LogP contribution in [0.2, 0.25) is 0 Å². The van der Waals surface area contributed by atoms with Crippen molar-refractivity contribution < 1.29 is 27.1 Å². The van der Waals surface area contributed by atoms with E-state index in [0.717, 1.165) is 0 Å². The van der Waals surface area contributed by atoms with Crippen LogP contribution < -0.4 is 5.32 Å². The van der Waals surface area contributed by atoms with Gasteiger partial charge in [-0.25, -0.2) is 22.0 Å². The molecule has 0 bridgehead atoms. The second-order valence-corrected chi connectivity index (χ2v) is 5.39. The third-order valence-corrected chi connectivity index (χ3v) is 2.70. The first-order valence-electron chi connectivity index (χ1n) is 6.04. The summed E-state index contributed by atoms with van der Waals surface area (Å²) in [4.78, 5) is 0. The van der Waals surface area contributed by atoms with Crippen molar-refractivity contribution in [2.24, 2.45) is 5.92 Å². The minimum absolute atomic E-state index is 0.100. The van der Waals surface area contributed by atoms with Crippen LogP contribution in [0.3, 0.4) is 0 Å². The molecule has 2 N–H and O–H groups in total. The summed E-state index contributed by atoms with van der Waals surface area (Å²) in [6, 6.07) is 0. The lowest BCUT2D eigenvalue weighted by Crippen LogP contribution is -2.35. The summed E-state index contributed by atoms with van der Waals surface area (Å²) in [5, 5.41) is 12.0. The molecule has 1 aromatic rings. The lowest BCUT2D eigenvalue weighted by atomic mass is 9.94. The minimum atomic E-state index is -2.21. The molecule has 7 heteroatoms. The quantitative estimate of drug-likeness (QED) is 0.494. The molecule has 1 unspecified atom stereocenters. The molecular weight excluding hydrogens is 281 g/mol. The van der Waals surface area contributed by atoms with Gasteiger partial charge in [0.1, 0.15) is 5.69 Å². The van der Waals surface area contributed by atoms with Crippen LogP contribution in [0.1, 0.15) is 27.2 Å². The highest BCUT2D eigenvalue weighted by molar-refractivity contribution is 5.48. The van der Waals surface area contributed by atoms with E-state index < -0.39 is 40.4 Å². The monoisotopic (exact) mass is 297 g/mol. The Morgan fingerprint density at radius 3 is 1.75 bits per heavy atom. The number of anilines is 1. The summed E-state index contributed by atoms with van der Waals surface area (Å²) in [7, 11) is 0. The van der Waals surface area contributed by atoms with E-state index in [1.165, 1.54) is 6.92 Å². The third-order valence-electron chi connectivity index (χ3n) is 2.70. The number of aliphatic hydroxyl groups is 1. The second kappa shape index (κ2) is 5.95. The van der Waals surface area contributed by atoms with Gasteiger partial charge in [-0.1, -0.05) is 13.8 Å². The number of benzene rings is 1. The van der Waals surface area contributed by atoms with Gasteiger partial charge in [0, 0.05) is 6.54 Å². The van der Waals surface area contributed by atoms with Gasteiger partial charge in [0.05, 0.1) is 5.60 Å². The Morgan fingerprint density at radius 2 is 1.35 bits per heavy atom. The van der Waals surface area contributed by atoms with Gasteiger partial charge in [-0.05, 0) is 19.3 Å². The number of nitrogens with one attached hydrogen (secondary N) is 1. The molecule has 0 radical (unpaired) electrons. The molecule has 0 fully saturated rings. The highest BCUT2D eigenvalue weighted by Crippen LogP contribution is 2.28. The zero-order valence-corrected chi connectivity index (χ0v) is 11.3. The topological polar surface area (TPSA) is 32.3 Å². The van der Waals surface area contributed by atoms with Gasteiger partial charge in [-0.2, -0.15) is 0 Å². The van der Waals surface area contributed by atoms with Gasteiger partial charge >= 0.3 is 0 Å². The van der Waals surface area contributed by atoms with E-state index >= 15 is 0 Å². The van der Waals surface area contributed by atoms with E-state index in [-0.39, 0.29) is 12.5 Å². The summed E-state index contributed by atoms with van der Waals surface area (Å²) in [6.07, 6.45) is 0.301. The maximum absolute atomic E-state index is 13.4. The van der Waals surface area contributed by atoms with E-state index in [9.17, 15) is 27.1 Å². The molecule has 0 aromatic heterocycles. The fourth-order valence-corrected chi connectivity index (χ4v) is 1.99. The van der Waals surface area contributed by atoms with E-state index in [2.05, 4.69) is 5.32 Å². The molecule has 1 rings (SSSR count). The summed E-state index contributed by atoms with van der Waals surface area (Å²) in [5.74, 6) is -10.0. The largest absolute Gasteiger partial charge is 0.388 e. The molecule has 0 aliphatic heterocycles. The minimum Gasteiger partial charge on any atom is -0.388 e. The van der Waals surface area contributed by atoms with Gasteiger partial charge in [-0.3, -0.25) is 0 Å². The van der Waals surface area contributed by atoms with Crippen LogP contribution in [0.5, 0.6) is 0 Å². The maximum Gasteiger partial charge on any atom is 0.200 e. The van der Waals surface area contributed by atoms with E-state index in [0.29, 0.717) is 6.42 Å². The normalized spacial score (nSPS) is 14.5. The van der Waals surface area contributed by atoms with Crippen molar-refractivity contribution in [1.29, 1.82) is 0 Å². The van der Waals surface area contributed by atoms with Crippen LogP contribution in [0.25, 0.3) is 0 Å². The Hall–Kier alpha value is -1.37. The summed E-state index contributed by atoms with van der Waals surface area (Å²) in [5.41, 5.74) is -2.47. The Morgan fingerprint density at radius 1 is 0.950 bits per heavy atom. The SMILES string of the molecule is CC(C)CC(C)(O)CNc1c(F)c(F)c(F)c(F)c1F. The third kappa shape index (κ3) is 3.59. The molecule has 2 nitrogen and oxygen atoms in total. The zero-order valence-electron chi connectivity index (χ0n) is 11.3. The molecule has 1 atom stereocenters. The van der Waals surface area contributed by atoms with Crippen molar-refractivity contribution in [3.63, 3.8) is 0 Å². The molecule has 0 aliphatic carbocycles. The van der Waals surface area contributed by atoms with Crippen LogP contribution >= 0.6 is 0 Å². The Balaban J connectivity index is 3.00. The summed E-state index contributed by atoms with van der Waals surface area (Å²) >= 11 is 0. The highest BCUT2D eigenvalue weighted by Gasteiger charge is 2.28. The van der Waals surface area contributed by atoms with Crippen LogP contribution in [0, 0.1) is 35.0 Å². The van der Waals surface area contributed by atoms with Crippen LogP contribution in [0.4, 0.5) is 27.6 Å². The first-order chi connectivity index (χ1) is 9.07. The number of halogens is 5. The highest BCUT2D eigenvalue weighted by atomic mass is 19.2. The lowest BCUT2D eigenvalue weighted by Gasteiger charge is -2.26. The summed E-state index contributed by atoms with van der Waals surface area (Å²) in [6.45, 7) is 4.72. The van der Waals surface area contributed by atoms with Crippen molar-refractivity contribution in [2.45, 2.75) is 32.8 Å². The molecule has 0 spiro atoms. The first-order valence-corrected chi connectivity index (χ1v) is 6.04. The molecule has 0 aliphatic rings. The van der Waals surface area contributed by atoms with E-state index in [1.54, 1.807) is 0 Å². The summed E-state index contributed by atoms with van der Waals surface area (Å²) < 4.78 is 65.5. The van der Waals surface area contributed by atoms with E-state index in [1.807, 2.05) is 13.8 Å². The maximum atomic E-state index is 13.4. The second-order valence-electron chi connectivity index (χ2n) is 5.39. The molecule has 1 aromatic carbocycles. The van der Waals surface area contributed by atoms with Crippen molar-refractivity contribution in [3.8, 4) is 0 Å². The van der Waals surface area contributed by atoms with Gasteiger partial charge < -0.3 is 10.4 Å². The van der Waals surface area contributed by atoms with Gasteiger partial charge in [0.15, 0.2) is 23.3 Å². The van der Waals surface area contributed by atoms with Gasteiger partial charge in [-0.15, -0.1) is 0 Å². The van der Waals surface area contributed by atoms with Gasteiger partial charge in [0.25, 0.3) is 0 Å². The lowest BCUT2D eigenvalue weighted by molar-refractivity contribution is 0.0514. The number of hydrogen-bond donors (Lipinski definition) is 2. The van der Waals surface area contributed by atoms with Gasteiger partial charge in [0.2, 0.25) is 5.82 Å². The average Bonchev–Trinajstić information content (AvgIpc) is 2.32. The zero-order chi connectivity index (χ0) is 15.7. The Kier molecular flexibility index (Phi) is 4.96. The first kappa shape index (κ1) is 16.7. The molecule has 114 valence electrons. The number of rotatable bonds is 5. The Labute approximate surface area is 113 Å². The predicted molar refractivity (Wildman–Crippen MR) is 64.8 cm³/mol. The number of hydrogen-bond acceptors (Lipinski definition) is 2. The smallest absolute Gasteiger partial charge is 0.200 e. The van der Waals surface area contributed by atoms with Crippen molar-refractivity contribution in [2.75, 3.05) is 11.9 Å². The Bertz CT molecular complexity index is 473. The molecular formula is C13H16F5NO. The molecule has 0 amide bonds. The van der Waals surface area contributed by atoms with Crippen LogP contribution in [0.15, 0.2) is 0 Å². The standard InChI is InChI=1S/C13H16F5NO/c1-6(2)4-13(3,20)5-19-12-10(17)8(15)7(14)9(16)11(12)18/h6,19-20H,4-5H2,1-3H3. The average molecular weight is 297 g/mol. The molecule has 0 saturated carbocycles. The van der Waals surface area contributed by atoms with Crippen molar-refractivity contribution in [3.05, 3.63) is 29.1 Å². The van der Waals surface area contributed by atoms with Crippen LogP contribution in [-0.4, -0.2) is 17.3 Å². The molecule has 0 saturated heterocycles. The fraction of sp³-hybridized carbons (Fsp3) is 0.538. The fourth-order valence-electron chi connectivity index (χ4n) is 1.99. The molecule has 0 heterocycles. The predicted octanol–water partition coefficient (Wildman–Crippen LogP) is 3.59. The van der Waals surface area contributed by atoms with Crippen molar-refractivity contribution >= 4 is 5.69 Å². The van der Waals surface area contributed by atoms with E-state index in [4.69, 9.17) is 0 Å². The van der Waals surface area contributed by atoms with Crippen molar-refractivity contribution in [1.82, 2.24) is 0 Å².